The van der Waals surface area contributed by atoms with Crippen LogP contribution in [-0.2, 0) is 0 Å². The van der Waals surface area contributed by atoms with Crippen LogP contribution in [0.25, 0.3) is 11.1 Å². The van der Waals surface area contributed by atoms with E-state index in [1.165, 1.54) is 25.1 Å². The SMILES string of the molecule is CC(=O)c1ccc(-c2ccc(Br)cc2O)c(F)c1. The molecule has 1 N–H and O–H groups in total. The molecule has 0 aromatic heterocycles. The van der Waals surface area contributed by atoms with Crippen LogP contribution in [0.15, 0.2) is 40.9 Å². The molecular formula is C14H10BrFO2. The first kappa shape index (κ1) is 12.8. The summed E-state index contributed by atoms with van der Waals surface area (Å²) >= 11 is 3.22. The van der Waals surface area contributed by atoms with E-state index in [9.17, 15) is 14.3 Å². The largest absolute Gasteiger partial charge is 0.507 e. The van der Waals surface area contributed by atoms with Crippen LogP contribution in [0.1, 0.15) is 17.3 Å². The summed E-state index contributed by atoms with van der Waals surface area (Å²) in [4.78, 5) is 11.1. The zero-order valence-corrected chi connectivity index (χ0v) is 11.2. The lowest BCUT2D eigenvalue weighted by molar-refractivity contribution is 0.101. The molecule has 2 rings (SSSR count). The van der Waals surface area contributed by atoms with E-state index in [2.05, 4.69) is 15.9 Å². The first-order valence-electron chi connectivity index (χ1n) is 5.28. The average Bonchev–Trinajstić information content (AvgIpc) is 2.30. The smallest absolute Gasteiger partial charge is 0.159 e. The second-order valence-corrected chi connectivity index (χ2v) is 4.83. The minimum Gasteiger partial charge on any atom is -0.507 e. The minimum atomic E-state index is -0.527. The van der Waals surface area contributed by atoms with Crippen LogP contribution in [-0.4, -0.2) is 10.9 Å². The molecule has 0 fully saturated rings. The second-order valence-electron chi connectivity index (χ2n) is 3.91. The van der Waals surface area contributed by atoms with Crippen LogP contribution < -0.4 is 0 Å². The van der Waals surface area contributed by atoms with Crippen molar-refractivity contribution in [3.63, 3.8) is 0 Å². The molecule has 0 spiro atoms. The lowest BCUT2D eigenvalue weighted by atomic mass is 10.0. The molecule has 0 heterocycles. The van der Waals surface area contributed by atoms with Crippen LogP contribution in [0.2, 0.25) is 0 Å². The standard InChI is InChI=1S/C14H10BrFO2/c1-8(17)9-2-4-11(13(16)6-9)12-5-3-10(15)7-14(12)18/h2-7,18H,1H3. The van der Waals surface area contributed by atoms with E-state index >= 15 is 0 Å². The molecule has 0 aliphatic rings. The predicted molar refractivity (Wildman–Crippen MR) is 71.2 cm³/mol. The number of halogens is 2. The van der Waals surface area contributed by atoms with Crippen LogP contribution in [0, 0.1) is 5.82 Å². The van der Waals surface area contributed by atoms with Crippen molar-refractivity contribution in [1.82, 2.24) is 0 Å². The first-order chi connectivity index (χ1) is 8.49. The third-order valence-corrected chi connectivity index (χ3v) is 3.12. The van der Waals surface area contributed by atoms with Crippen LogP contribution in [0.4, 0.5) is 4.39 Å². The van der Waals surface area contributed by atoms with Gasteiger partial charge in [0.25, 0.3) is 0 Å². The molecule has 0 unspecified atom stereocenters. The monoisotopic (exact) mass is 308 g/mol. The number of phenolic OH excluding ortho intramolecular Hbond substituents is 1. The van der Waals surface area contributed by atoms with Crippen molar-refractivity contribution in [2.45, 2.75) is 6.92 Å². The molecule has 0 aliphatic carbocycles. The summed E-state index contributed by atoms with van der Waals surface area (Å²) in [5.41, 5.74) is 0.976. The molecule has 0 aliphatic heterocycles. The lowest BCUT2D eigenvalue weighted by Crippen LogP contribution is -1.94. The number of aromatic hydroxyl groups is 1. The number of benzene rings is 2. The maximum absolute atomic E-state index is 13.9. The van der Waals surface area contributed by atoms with Gasteiger partial charge in [0.05, 0.1) is 0 Å². The van der Waals surface area contributed by atoms with Crippen molar-refractivity contribution in [3.8, 4) is 16.9 Å². The fourth-order valence-corrected chi connectivity index (χ4v) is 2.03. The molecule has 0 amide bonds. The predicted octanol–water partition coefficient (Wildman–Crippen LogP) is 4.16. The number of rotatable bonds is 2. The summed E-state index contributed by atoms with van der Waals surface area (Å²) in [6, 6.07) is 9.04. The van der Waals surface area contributed by atoms with Crippen LogP contribution in [0.3, 0.4) is 0 Å². The highest BCUT2D eigenvalue weighted by Gasteiger charge is 2.11. The molecule has 0 atom stereocenters. The van der Waals surface area contributed by atoms with Crippen molar-refractivity contribution < 1.29 is 14.3 Å². The number of phenols is 1. The summed E-state index contributed by atoms with van der Waals surface area (Å²) in [6.45, 7) is 1.38. The molecule has 4 heteroatoms. The number of ketones is 1. The van der Waals surface area contributed by atoms with Gasteiger partial charge in [0, 0.05) is 21.2 Å². The maximum atomic E-state index is 13.9. The van der Waals surface area contributed by atoms with Crippen molar-refractivity contribution >= 4 is 21.7 Å². The fraction of sp³-hybridized carbons (Fsp3) is 0.0714. The molecule has 2 nitrogen and oxygen atoms in total. The van der Waals surface area contributed by atoms with Gasteiger partial charge in [0.15, 0.2) is 5.78 Å². The fourth-order valence-electron chi connectivity index (χ4n) is 1.69. The summed E-state index contributed by atoms with van der Waals surface area (Å²) in [5, 5.41) is 9.78. The minimum absolute atomic E-state index is 0.0150. The molecule has 0 saturated heterocycles. The highest BCUT2D eigenvalue weighted by atomic mass is 79.9. The Kier molecular flexibility index (Phi) is 3.48. The van der Waals surface area contributed by atoms with E-state index in [0.29, 0.717) is 15.6 Å². The maximum Gasteiger partial charge on any atom is 0.159 e. The van der Waals surface area contributed by atoms with E-state index in [0.717, 1.165) is 0 Å². The number of carbonyl (C=O) groups is 1. The number of Topliss-reactive ketones (excluding diaryl/α,β-unsaturated/α-hetero) is 1. The van der Waals surface area contributed by atoms with Gasteiger partial charge in [-0.25, -0.2) is 4.39 Å². The Morgan fingerprint density at radius 1 is 1.17 bits per heavy atom. The second kappa shape index (κ2) is 4.90. The Bertz CT molecular complexity index is 623. The lowest BCUT2D eigenvalue weighted by Gasteiger charge is -2.07. The normalized spacial score (nSPS) is 10.4. The molecule has 2 aromatic rings. The summed E-state index contributed by atoms with van der Waals surface area (Å²) in [5.74, 6) is -0.736. The molecule has 92 valence electrons. The van der Waals surface area contributed by atoms with Gasteiger partial charge >= 0.3 is 0 Å². The molecule has 18 heavy (non-hydrogen) atoms. The summed E-state index contributed by atoms with van der Waals surface area (Å²) < 4.78 is 14.6. The molecule has 2 aromatic carbocycles. The van der Waals surface area contributed by atoms with Crippen molar-refractivity contribution in [2.24, 2.45) is 0 Å². The Morgan fingerprint density at radius 2 is 1.83 bits per heavy atom. The highest BCUT2D eigenvalue weighted by molar-refractivity contribution is 9.10. The summed E-state index contributed by atoms with van der Waals surface area (Å²) in [6.07, 6.45) is 0. The van der Waals surface area contributed by atoms with Gasteiger partial charge < -0.3 is 5.11 Å². The Labute approximate surface area is 112 Å². The van der Waals surface area contributed by atoms with Gasteiger partial charge in [-0.1, -0.05) is 28.1 Å². The zero-order valence-electron chi connectivity index (χ0n) is 9.58. The van der Waals surface area contributed by atoms with E-state index in [-0.39, 0.29) is 17.1 Å². The molecule has 0 saturated carbocycles. The Balaban J connectivity index is 2.54. The van der Waals surface area contributed by atoms with Gasteiger partial charge in [-0.05, 0) is 31.2 Å². The van der Waals surface area contributed by atoms with Gasteiger partial charge in [0.2, 0.25) is 0 Å². The van der Waals surface area contributed by atoms with Crippen LogP contribution >= 0.6 is 15.9 Å². The summed E-state index contributed by atoms with van der Waals surface area (Å²) in [7, 11) is 0. The number of carbonyl (C=O) groups excluding carboxylic acids is 1. The topological polar surface area (TPSA) is 37.3 Å². The first-order valence-corrected chi connectivity index (χ1v) is 6.07. The Hall–Kier alpha value is -1.68. The van der Waals surface area contributed by atoms with Crippen LogP contribution in [0.5, 0.6) is 5.75 Å². The van der Waals surface area contributed by atoms with Gasteiger partial charge in [-0.2, -0.15) is 0 Å². The van der Waals surface area contributed by atoms with Crippen molar-refractivity contribution in [3.05, 3.63) is 52.3 Å². The quantitative estimate of drug-likeness (QED) is 0.846. The van der Waals surface area contributed by atoms with Crippen molar-refractivity contribution in [2.75, 3.05) is 0 Å². The number of hydrogen-bond donors (Lipinski definition) is 1. The van der Waals surface area contributed by atoms with Crippen molar-refractivity contribution in [1.29, 1.82) is 0 Å². The highest BCUT2D eigenvalue weighted by Crippen LogP contribution is 2.33. The van der Waals surface area contributed by atoms with Gasteiger partial charge in [-0.3, -0.25) is 4.79 Å². The molecule has 0 bridgehead atoms. The number of hydrogen-bond acceptors (Lipinski definition) is 2. The van der Waals surface area contributed by atoms with E-state index in [1.807, 2.05) is 0 Å². The zero-order chi connectivity index (χ0) is 13.3. The van der Waals surface area contributed by atoms with E-state index < -0.39 is 5.82 Å². The van der Waals surface area contributed by atoms with Gasteiger partial charge in [-0.15, -0.1) is 0 Å². The molecule has 0 radical (unpaired) electrons. The third-order valence-electron chi connectivity index (χ3n) is 2.63. The van der Waals surface area contributed by atoms with E-state index in [4.69, 9.17) is 0 Å². The third kappa shape index (κ3) is 2.43. The van der Waals surface area contributed by atoms with E-state index in [1.54, 1.807) is 18.2 Å². The van der Waals surface area contributed by atoms with Gasteiger partial charge in [0.1, 0.15) is 11.6 Å². The average molecular weight is 309 g/mol. The molecular weight excluding hydrogens is 299 g/mol. The Morgan fingerprint density at radius 3 is 2.39 bits per heavy atom.